The lowest BCUT2D eigenvalue weighted by Gasteiger charge is -2.41. The monoisotopic (exact) mass is 830 g/mol. The minimum Gasteiger partial charge on any atom is -0.464 e. The summed E-state index contributed by atoms with van der Waals surface area (Å²) in [4.78, 5) is 21.6. The van der Waals surface area contributed by atoms with Crippen LogP contribution in [-0.2, 0) is 30.0 Å². The quantitative estimate of drug-likeness (QED) is 0.0907. The summed E-state index contributed by atoms with van der Waals surface area (Å²) >= 11 is 8.03. The van der Waals surface area contributed by atoms with E-state index >= 15 is 0 Å². The Balaban J connectivity index is 1.32. The zero-order chi connectivity index (χ0) is 40.9. The van der Waals surface area contributed by atoms with Crippen molar-refractivity contribution in [3.05, 3.63) is 70.4 Å². The average molecular weight is 832 g/mol. The first-order valence-corrected chi connectivity index (χ1v) is 24.6. The van der Waals surface area contributed by atoms with Crippen LogP contribution in [0.25, 0.3) is 42.8 Å². The Bertz CT molecular complexity index is 2230. The van der Waals surface area contributed by atoms with Gasteiger partial charge in [-0.1, -0.05) is 44.5 Å². The van der Waals surface area contributed by atoms with E-state index < -0.39 is 26.0 Å². The largest absolute Gasteiger partial charge is 0.464 e. The van der Waals surface area contributed by atoms with Crippen LogP contribution in [0.1, 0.15) is 90.2 Å². The summed E-state index contributed by atoms with van der Waals surface area (Å²) in [6.07, 6.45) is 1.21. The summed E-state index contributed by atoms with van der Waals surface area (Å²) in [5.74, 6) is -0.0475. The molecule has 0 bridgehead atoms. The number of ether oxygens (including phenoxy) is 3. The lowest BCUT2D eigenvalue weighted by Crippen LogP contribution is -2.51. The smallest absolute Gasteiger partial charge is 0.339 e. The molecule has 2 saturated heterocycles. The Hall–Kier alpha value is -3.16. The fraction of sp³-hybridized carbons (Fsp3) is 0.533. The molecule has 0 radical (unpaired) electrons. The normalized spacial score (nSPS) is 17.0. The van der Waals surface area contributed by atoms with Crippen molar-refractivity contribution in [2.45, 2.75) is 117 Å². The number of esters is 1. The van der Waals surface area contributed by atoms with E-state index in [4.69, 9.17) is 40.3 Å². The first-order chi connectivity index (χ1) is 26.9. The second kappa shape index (κ2) is 16.5. The van der Waals surface area contributed by atoms with Gasteiger partial charge in [0.05, 0.1) is 66.0 Å². The van der Waals surface area contributed by atoms with Gasteiger partial charge in [-0.2, -0.15) is 5.10 Å². The number of aryl methyl sites for hydroxylation is 1. The van der Waals surface area contributed by atoms with Crippen LogP contribution in [0.3, 0.4) is 0 Å². The van der Waals surface area contributed by atoms with Gasteiger partial charge in [-0.25, -0.2) is 9.78 Å². The third kappa shape index (κ3) is 8.90. The fourth-order valence-electron chi connectivity index (χ4n) is 7.76. The molecular formula is C45H59ClN4O5SSi. The SMILES string of the molecule is CCOC(=O)[C@@H](OC(C)(C)C)c1c(C)cc2nc(-c3ccc4c(c3)c(C3CCN(C5COC5)CC3)nn4CCO[Si](C)(C)C(C)(C)C)sc2c1-c1ccc(Cl)cc1. The maximum absolute atomic E-state index is 13.7. The van der Waals surface area contributed by atoms with Crippen molar-refractivity contribution in [3.63, 3.8) is 0 Å². The van der Waals surface area contributed by atoms with Crippen molar-refractivity contribution in [1.82, 2.24) is 19.7 Å². The van der Waals surface area contributed by atoms with Gasteiger partial charge < -0.3 is 18.6 Å². The second-order valence-electron chi connectivity index (χ2n) is 18.2. The van der Waals surface area contributed by atoms with Crippen molar-refractivity contribution in [2.24, 2.45) is 0 Å². The molecule has 0 aliphatic carbocycles. The number of benzene rings is 3. The summed E-state index contributed by atoms with van der Waals surface area (Å²) < 4.78 is 27.4. The molecule has 4 heterocycles. The summed E-state index contributed by atoms with van der Waals surface area (Å²) in [6.45, 7) is 26.6. The number of carbonyl (C=O) groups excluding carboxylic acids is 1. The van der Waals surface area contributed by atoms with E-state index in [1.165, 1.54) is 11.1 Å². The number of fused-ring (bicyclic) bond motifs is 2. The zero-order valence-electron chi connectivity index (χ0n) is 35.3. The van der Waals surface area contributed by atoms with E-state index in [1.807, 2.05) is 58.9 Å². The van der Waals surface area contributed by atoms with Crippen molar-refractivity contribution >= 4 is 58.3 Å². The molecular weight excluding hydrogens is 772 g/mol. The molecule has 2 aliphatic heterocycles. The van der Waals surface area contributed by atoms with Crippen LogP contribution < -0.4 is 0 Å². The topological polar surface area (TPSA) is 87.9 Å². The molecule has 0 saturated carbocycles. The van der Waals surface area contributed by atoms with E-state index in [0.717, 1.165) is 87.7 Å². The van der Waals surface area contributed by atoms with Gasteiger partial charge in [-0.15, -0.1) is 11.3 Å². The number of carbonyl (C=O) groups is 1. The highest BCUT2D eigenvalue weighted by atomic mass is 35.5. The van der Waals surface area contributed by atoms with Crippen molar-refractivity contribution in [1.29, 1.82) is 0 Å². The molecule has 1 atom stereocenters. The Kier molecular flexibility index (Phi) is 12.1. The minimum absolute atomic E-state index is 0.141. The predicted molar refractivity (Wildman–Crippen MR) is 235 cm³/mol. The van der Waals surface area contributed by atoms with E-state index in [0.29, 0.717) is 30.1 Å². The maximum Gasteiger partial charge on any atom is 0.339 e. The summed E-state index contributed by atoms with van der Waals surface area (Å²) in [5.41, 5.74) is 7.13. The molecule has 306 valence electrons. The summed E-state index contributed by atoms with van der Waals surface area (Å²) in [5, 5.41) is 8.23. The van der Waals surface area contributed by atoms with Crippen LogP contribution in [0.15, 0.2) is 48.5 Å². The summed E-state index contributed by atoms with van der Waals surface area (Å²) in [6, 6.07) is 17.1. The van der Waals surface area contributed by atoms with Gasteiger partial charge in [-0.05, 0) is 126 Å². The number of piperidine rings is 1. The lowest BCUT2D eigenvalue weighted by molar-refractivity contribution is -0.166. The number of rotatable bonds is 12. The molecule has 2 fully saturated rings. The highest BCUT2D eigenvalue weighted by molar-refractivity contribution is 7.22. The fourth-order valence-corrected chi connectivity index (χ4v) is 10.0. The van der Waals surface area contributed by atoms with E-state index in [2.05, 4.69) is 67.7 Å². The van der Waals surface area contributed by atoms with Crippen LogP contribution in [-0.4, -0.2) is 85.1 Å². The molecule has 2 aromatic heterocycles. The second-order valence-corrected chi connectivity index (χ2v) is 24.4. The van der Waals surface area contributed by atoms with Crippen LogP contribution in [0.4, 0.5) is 0 Å². The van der Waals surface area contributed by atoms with Gasteiger partial charge in [0.25, 0.3) is 0 Å². The van der Waals surface area contributed by atoms with Gasteiger partial charge >= 0.3 is 5.97 Å². The highest BCUT2D eigenvalue weighted by Gasteiger charge is 2.38. The van der Waals surface area contributed by atoms with Crippen LogP contribution in [0.2, 0.25) is 23.2 Å². The highest BCUT2D eigenvalue weighted by Crippen LogP contribution is 2.46. The average Bonchev–Trinajstić information content (AvgIpc) is 3.70. The van der Waals surface area contributed by atoms with Gasteiger partial charge in [0, 0.05) is 33.0 Å². The van der Waals surface area contributed by atoms with Crippen molar-refractivity contribution in [2.75, 3.05) is 39.5 Å². The number of aromatic nitrogens is 3. The Morgan fingerprint density at radius 3 is 2.32 bits per heavy atom. The van der Waals surface area contributed by atoms with Crippen LogP contribution in [0.5, 0.6) is 0 Å². The molecule has 0 spiro atoms. The number of halogens is 1. The van der Waals surface area contributed by atoms with Crippen LogP contribution >= 0.6 is 22.9 Å². The molecule has 57 heavy (non-hydrogen) atoms. The molecule has 3 aromatic carbocycles. The van der Waals surface area contributed by atoms with Gasteiger partial charge in [0.1, 0.15) is 5.01 Å². The molecule has 5 aromatic rings. The van der Waals surface area contributed by atoms with Gasteiger partial charge in [-0.3, -0.25) is 9.58 Å². The van der Waals surface area contributed by atoms with E-state index in [9.17, 15) is 4.79 Å². The number of hydrogen-bond donors (Lipinski definition) is 0. The van der Waals surface area contributed by atoms with E-state index in [-0.39, 0.29) is 11.6 Å². The Labute approximate surface area is 348 Å². The van der Waals surface area contributed by atoms with Crippen LogP contribution in [0, 0.1) is 6.92 Å². The molecule has 7 rings (SSSR count). The number of hydrogen-bond acceptors (Lipinski definition) is 9. The molecule has 0 amide bonds. The maximum atomic E-state index is 13.7. The number of nitrogens with zero attached hydrogens (tertiary/aromatic N) is 4. The first-order valence-electron chi connectivity index (χ1n) is 20.4. The Morgan fingerprint density at radius 2 is 1.70 bits per heavy atom. The third-order valence-electron chi connectivity index (χ3n) is 11.9. The Morgan fingerprint density at radius 1 is 1.02 bits per heavy atom. The van der Waals surface area contributed by atoms with Crippen molar-refractivity contribution < 1.29 is 23.4 Å². The molecule has 2 aliphatic rings. The minimum atomic E-state index is -1.91. The van der Waals surface area contributed by atoms with E-state index in [1.54, 1.807) is 11.3 Å². The van der Waals surface area contributed by atoms with Gasteiger partial charge in [0.15, 0.2) is 14.4 Å². The molecule has 0 unspecified atom stereocenters. The number of likely N-dealkylation sites (tertiary alicyclic amines) is 1. The molecule has 9 nitrogen and oxygen atoms in total. The van der Waals surface area contributed by atoms with Crippen molar-refractivity contribution in [3.8, 4) is 21.7 Å². The molecule has 0 N–H and O–H groups in total. The third-order valence-corrected chi connectivity index (χ3v) is 17.9. The van der Waals surface area contributed by atoms with Gasteiger partial charge in [0.2, 0.25) is 0 Å². The predicted octanol–water partition coefficient (Wildman–Crippen LogP) is 11.0. The standard InChI is InChI=1S/C45H59ClN4O5SSi/c1-11-53-43(51)40(55-44(3,4)5)37-28(2)24-35-41(38(37)29-12-15-32(46)16-13-29)56-42(47-35)31-14-17-36-34(25-31)39(30-18-20-49(21-19-30)33-26-52-27-33)48-50(36)22-23-54-57(9,10)45(6,7)8/h12-17,24-25,30,33,40H,11,18-23,26-27H2,1-10H3/t40-/m0/s1. The first kappa shape index (κ1) is 42.0. The zero-order valence-corrected chi connectivity index (χ0v) is 37.9. The molecule has 12 heteroatoms. The summed E-state index contributed by atoms with van der Waals surface area (Å²) in [7, 11) is -1.91. The lowest BCUT2D eigenvalue weighted by atomic mass is 9.90. The number of thiazole rings is 1.